The maximum Gasteiger partial charge on any atom is 0.163 e. The van der Waals surface area contributed by atoms with Crippen molar-refractivity contribution in [2.24, 2.45) is 0 Å². The standard InChI is InChI=1S/C18H19N5/c1-2-10-20-16-13-17(21-15-8-11-19-12-9-15)23-18(22-16)14-6-4-3-5-7-14/h3-9,11-13H,2,10H2,1H3,(H2,19,20,21,22,23). The maximum absolute atomic E-state index is 4.62. The van der Waals surface area contributed by atoms with Gasteiger partial charge >= 0.3 is 0 Å². The van der Waals surface area contributed by atoms with Gasteiger partial charge in [-0.05, 0) is 18.6 Å². The van der Waals surface area contributed by atoms with Gasteiger partial charge in [0.25, 0.3) is 0 Å². The molecule has 0 aliphatic carbocycles. The van der Waals surface area contributed by atoms with Gasteiger partial charge in [-0.2, -0.15) is 0 Å². The smallest absolute Gasteiger partial charge is 0.163 e. The van der Waals surface area contributed by atoms with Gasteiger partial charge in [0.15, 0.2) is 5.82 Å². The number of hydrogen-bond donors (Lipinski definition) is 2. The molecule has 0 saturated carbocycles. The third kappa shape index (κ3) is 4.03. The molecule has 2 N–H and O–H groups in total. The minimum absolute atomic E-state index is 0.697. The lowest BCUT2D eigenvalue weighted by Gasteiger charge is -2.11. The molecule has 0 spiro atoms. The number of benzene rings is 1. The van der Waals surface area contributed by atoms with Crippen molar-refractivity contribution in [3.8, 4) is 11.4 Å². The predicted molar refractivity (Wildman–Crippen MR) is 93.8 cm³/mol. The summed E-state index contributed by atoms with van der Waals surface area (Å²) in [6, 6.07) is 15.7. The van der Waals surface area contributed by atoms with Gasteiger partial charge < -0.3 is 10.6 Å². The van der Waals surface area contributed by atoms with Gasteiger partial charge in [-0.25, -0.2) is 9.97 Å². The van der Waals surface area contributed by atoms with Crippen LogP contribution in [-0.4, -0.2) is 21.5 Å². The highest BCUT2D eigenvalue weighted by Crippen LogP contribution is 2.22. The Morgan fingerprint density at radius 3 is 2.39 bits per heavy atom. The Bertz CT molecular complexity index is 744. The highest BCUT2D eigenvalue weighted by Gasteiger charge is 2.07. The van der Waals surface area contributed by atoms with Gasteiger partial charge in [0.2, 0.25) is 0 Å². The summed E-state index contributed by atoms with van der Waals surface area (Å²) in [4.78, 5) is 13.3. The highest BCUT2D eigenvalue weighted by atomic mass is 15.1. The molecule has 2 heterocycles. The molecule has 3 aromatic rings. The quantitative estimate of drug-likeness (QED) is 0.717. The van der Waals surface area contributed by atoms with Crippen molar-refractivity contribution in [1.29, 1.82) is 0 Å². The lowest BCUT2D eigenvalue weighted by Crippen LogP contribution is -2.05. The van der Waals surface area contributed by atoms with Crippen molar-refractivity contribution in [3.63, 3.8) is 0 Å². The molecule has 2 aromatic heterocycles. The maximum atomic E-state index is 4.62. The summed E-state index contributed by atoms with van der Waals surface area (Å²) >= 11 is 0. The second-order valence-corrected chi connectivity index (χ2v) is 5.12. The van der Waals surface area contributed by atoms with Crippen molar-refractivity contribution in [3.05, 3.63) is 60.9 Å². The van der Waals surface area contributed by atoms with E-state index in [4.69, 9.17) is 0 Å². The first-order valence-corrected chi connectivity index (χ1v) is 7.70. The Morgan fingerprint density at radius 1 is 0.913 bits per heavy atom. The number of aromatic nitrogens is 3. The summed E-state index contributed by atoms with van der Waals surface area (Å²) in [5, 5.41) is 6.63. The number of anilines is 3. The zero-order valence-corrected chi connectivity index (χ0v) is 13.0. The van der Waals surface area contributed by atoms with Crippen LogP contribution in [0, 0.1) is 0 Å². The van der Waals surface area contributed by atoms with E-state index in [9.17, 15) is 0 Å². The predicted octanol–water partition coefficient (Wildman–Crippen LogP) is 4.10. The second-order valence-electron chi connectivity index (χ2n) is 5.12. The molecule has 0 radical (unpaired) electrons. The van der Waals surface area contributed by atoms with Crippen molar-refractivity contribution in [2.75, 3.05) is 17.2 Å². The first-order valence-electron chi connectivity index (χ1n) is 7.70. The lowest BCUT2D eigenvalue weighted by molar-refractivity contribution is 0.966. The van der Waals surface area contributed by atoms with E-state index in [1.807, 2.05) is 48.5 Å². The molecule has 0 amide bonds. The topological polar surface area (TPSA) is 62.7 Å². The summed E-state index contributed by atoms with van der Waals surface area (Å²) in [6.07, 6.45) is 4.54. The molecule has 3 rings (SSSR count). The summed E-state index contributed by atoms with van der Waals surface area (Å²) in [6.45, 7) is 3.00. The van der Waals surface area contributed by atoms with Gasteiger partial charge in [0, 0.05) is 36.3 Å². The normalized spacial score (nSPS) is 10.3. The van der Waals surface area contributed by atoms with E-state index >= 15 is 0 Å². The third-order valence-electron chi connectivity index (χ3n) is 3.27. The zero-order valence-electron chi connectivity index (χ0n) is 13.0. The first kappa shape index (κ1) is 15.0. The number of pyridine rings is 1. The Morgan fingerprint density at radius 2 is 1.65 bits per heavy atom. The minimum atomic E-state index is 0.697. The summed E-state index contributed by atoms with van der Waals surface area (Å²) in [5.74, 6) is 2.27. The molecule has 0 saturated heterocycles. The Kier molecular flexibility index (Phi) is 4.79. The van der Waals surface area contributed by atoms with Crippen molar-refractivity contribution in [1.82, 2.24) is 15.0 Å². The highest BCUT2D eigenvalue weighted by molar-refractivity contribution is 5.64. The Hall–Kier alpha value is -2.95. The van der Waals surface area contributed by atoms with E-state index in [-0.39, 0.29) is 0 Å². The summed E-state index contributed by atoms with van der Waals surface area (Å²) in [7, 11) is 0. The largest absolute Gasteiger partial charge is 0.370 e. The van der Waals surface area contributed by atoms with Crippen LogP contribution in [0.3, 0.4) is 0 Å². The molecule has 1 aromatic carbocycles. The minimum Gasteiger partial charge on any atom is -0.370 e. The van der Waals surface area contributed by atoms with E-state index in [1.165, 1.54) is 0 Å². The lowest BCUT2D eigenvalue weighted by atomic mass is 10.2. The van der Waals surface area contributed by atoms with Crippen molar-refractivity contribution in [2.45, 2.75) is 13.3 Å². The van der Waals surface area contributed by atoms with Gasteiger partial charge in [-0.3, -0.25) is 4.98 Å². The van der Waals surface area contributed by atoms with Crippen LogP contribution in [-0.2, 0) is 0 Å². The van der Waals surface area contributed by atoms with Crippen LogP contribution in [0.15, 0.2) is 60.9 Å². The number of nitrogens with zero attached hydrogens (tertiary/aromatic N) is 3. The van der Waals surface area contributed by atoms with E-state index < -0.39 is 0 Å². The van der Waals surface area contributed by atoms with Crippen molar-refractivity contribution >= 4 is 17.3 Å². The summed E-state index contributed by atoms with van der Waals surface area (Å²) < 4.78 is 0. The second kappa shape index (κ2) is 7.35. The average Bonchev–Trinajstić information content (AvgIpc) is 2.61. The van der Waals surface area contributed by atoms with Crippen molar-refractivity contribution < 1.29 is 0 Å². The number of nitrogens with one attached hydrogen (secondary N) is 2. The van der Waals surface area contributed by atoms with E-state index in [2.05, 4.69) is 32.5 Å². The van der Waals surface area contributed by atoms with Crippen LogP contribution in [0.5, 0.6) is 0 Å². The third-order valence-corrected chi connectivity index (χ3v) is 3.27. The van der Waals surface area contributed by atoms with Gasteiger partial charge in [-0.1, -0.05) is 37.3 Å². The van der Waals surface area contributed by atoms with Crippen LogP contribution < -0.4 is 10.6 Å². The summed E-state index contributed by atoms with van der Waals surface area (Å²) in [5.41, 5.74) is 1.93. The molecule has 0 aliphatic heterocycles. The molecular weight excluding hydrogens is 286 g/mol. The molecule has 0 unspecified atom stereocenters. The molecule has 116 valence electrons. The molecule has 0 fully saturated rings. The van der Waals surface area contributed by atoms with Crippen LogP contribution in [0.2, 0.25) is 0 Å². The van der Waals surface area contributed by atoms with Crippen LogP contribution in [0.4, 0.5) is 17.3 Å². The fraction of sp³-hybridized carbons (Fsp3) is 0.167. The Labute approximate surface area is 135 Å². The SMILES string of the molecule is CCCNc1cc(Nc2ccncc2)nc(-c2ccccc2)n1. The van der Waals surface area contributed by atoms with Crippen LogP contribution in [0.25, 0.3) is 11.4 Å². The average molecular weight is 305 g/mol. The number of hydrogen-bond acceptors (Lipinski definition) is 5. The van der Waals surface area contributed by atoms with Gasteiger partial charge in [-0.15, -0.1) is 0 Å². The molecular formula is C18H19N5. The van der Waals surface area contributed by atoms with Gasteiger partial charge in [0.1, 0.15) is 11.6 Å². The molecule has 0 bridgehead atoms. The molecule has 23 heavy (non-hydrogen) atoms. The van der Waals surface area contributed by atoms with Crippen LogP contribution in [0.1, 0.15) is 13.3 Å². The van der Waals surface area contributed by atoms with E-state index in [1.54, 1.807) is 12.4 Å². The number of rotatable bonds is 6. The van der Waals surface area contributed by atoms with E-state index in [0.717, 1.165) is 35.9 Å². The fourth-order valence-corrected chi connectivity index (χ4v) is 2.15. The fourth-order valence-electron chi connectivity index (χ4n) is 2.15. The Balaban J connectivity index is 1.94. The van der Waals surface area contributed by atoms with Gasteiger partial charge in [0.05, 0.1) is 0 Å². The van der Waals surface area contributed by atoms with Crippen LogP contribution >= 0.6 is 0 Å². The first-order chi connectivity index (χ1) is 11.3. The molecule has 0 atom stereocenters. The van der Waals surface area contributed by atoms with E-state index in [0.29, 0.717) is 5.82 Å². The molecule has 5 nitrogen and oxygen atoms in total. The zero-order chi connectivity index (χ0) is 15.9. The molecule has 0 aliphatic rings. The monoisotopic (exact) mass is 305 g/mol. The molecule has 5 heteroatoms.